The summed E-state index contributed by atoms with van der Waals surface area (Å²) in [6, 6.07) is 0. The summed E-state index contributed by atoms with van der Waals surface area (Å²) in [6.07, 6.45) is 1.22. The highest BCUT2D eigenvalue weighted by molar-refractivity contribution is 4.62. The molecule has 2 atom stereocenters. The maximum Gasteiger partial charge on any atom is 0.157 e. The molecule has 1 heterocycles. The van der Waals surface area contributed by atoms with E-state index in [2.05, 4.69) is 0 Å². The highest BCUT2D eigenvalue weighted by Crippen LogP contribution is 2.12. The monoisotopic (exact) mass is 132 g/mol. The van der Waals surface area contributed by atoms with Gasteiger partial charge in [-0.1, -0.05) is 0 Å². The Morgan fingerprint density at radius 1 is 1.56 bits per heavy atom. The van der Waals surface area contributed by atoms with Gasteiger partial charge in [0.25, 0.3) is 0 Å². The van der Waals surface area contributed by atoms with Crippen molar-refractivity contribution in [2.75, 3.05) is 13.7 Å². The first kappa shape index (κ1) is 6.99. The smallest absolute Gasteiger partial charge is 0.157 e. The van der Waals surface area contributed by atoms with Gasteiger partial charge in [0.05, 0.1) is 12.7 Å². The lowest BCUT2D eigenvalue weighted by molar-refractivity contribution is -0.172. The summed E-state index contributed by atoms with van der Waals surface area (Å²) in [5.41, 5.74) is 0. The Kier molecular flexibility index (Phi) is 2.45. The standard InChI is InChI=1S/C6H12O3/c1-8-6-3-2-5(7)4-9-6/h5-7H,2-4H2,1H3/t5-,6-/m0/s1. The fourth-order valence-corrected chi connectivity index (χ4v) is 0.899. The maximum absolute atomic E-state index is 8.94. The summed E-state index contributed by atoms with van der Waals surface area (Å²) in [4.78, 5) is 0. The van der Waals surface area contributed by atoms with Crippen molar-refractivity contribution in [1.29, 1.82) is 0 Å². The Labute approximate surface area is 54.6 Å². The molecule has 0 aromatic rings. The summed E-state index contributed by atoms with van der Waals surface area (Å²) in [6.45, 7) is 0.415. The van der Waals surface area contributed by atoms with Gasteiger partial charge in [-0.15, -0.1) is 0 Å². The lowest BCUT2D eigenvalue weighted by Gasteiger charge is -2.24. The molecule has 1 saturated heterocycles. The second-order valence-corrected chi connectivity index (χ2v) is 2.23. The van der Waals surface area contributed by atoms with Crippen molar-refractivity contribution in [3.63, 3.8) is 0 Å². The SMILES string of the molecule is CO[C@@H]1CC[C@H](O)CO1. The van der Waals surface area contributed by atoms with Gasteiger partial charge in [-0.05, 0) is 6.42 Å². The Bertz CT molecular complexity index is 76.4. The highest BCUT2D eigenvalue weighted by Gasteiger charge is 2.18. The summed E-state index contributed by atoms with van der Waals surface area (Å²) in [7, 11) is 1.61. The number of ether oxygens (including phenoxy) is 2. The molecule has 0 saturated carbocycles. The number of hydrogen-bond donors (Lipinski definition) is 1. The van der Waals surface area contributed by atoms with E-state index in [1.165, 1.54) is 0 Å². The quantitative estimate of drug-likeness (QED) is 0.551. The van der Waals surface area contributed by atoms with Crippen molar-refractivity contribution in [2.24, 2.45) is 0 Å². The lowest BCUT2D eigenvalue weighted by atomic mass is 10.1. The van der Waals surface area contributed by atoms with Crippen LogP contribution in [0.2, 0.25) is 0 Å². The van der Waals surface area contributed by atoms with Crippen molar-refractivity contribution < 1.29 is 14.6 Å². The van der Waals surface area contributed by atoms with Crippen LogP contribution in [-0.2, 0) is 9.47 Å². The minimum Gasteiger partial charge on any atom is -0.391 e. The molecule has 1 rings (SSSR count). The second-order valence-electron chi connectivity index (χ2n) is 2.23. The fourth-order valence-electron chi connectivity index (χ4n) is 0.899. The zero-order chi connectivity index (χ0) is 6.69. The molecular formula is C6H12O3. The first-order valence-corrected chi connectivity index (χ1v) is 3.15. The van der Waals surface area contributed by atoms with E-state index in [0.717, 1.165) is 12.8 Å². The van der Waals surface area contributed by atoms with E-state index < -0.39 is 0 Å². The first-order valence-electron chi connectivity index (χ1n) is 3.15. The molecule has 1 fully saturated rings. The van der Waals surface area contributed by atoms with Crippen molar-refractivity contribution in [2.45, 2.75) is 25.2 Å². The van der Waals surface area contributed by atoms with Gasteiger partial charge in [-0.3, -0.25) is 0 Å². The molecule has 0 aromatic heterocycles. The molecule has 0 radical (unpaired) electrons. The van der Waals surface area contributed by atoms with Crippen LogP contribution >= 0.6 is 0 Å². The van der Waals surface area contributed by atoms with Gasteiger partial charge in [0.15, 0.2) is 6.29 Å². The largest absolute Gasteiger partial charge is 0.391 e. The number of aliphatic hydroxyl groups is 1. The van der Waals surface area contributed by atoms with Crippen LogP contribution in [0.1, 0.15) is 12.8 Å². The molecule has 3 heteroatoms. The van der Waals surface area contributed by atoms with Crippen LogP contribution in [0.25, 0.3) is 0 Å². The predicted octanol–water partition coefficient (Wildman–Crippen LogP) is 0.130. The Hall–Kier alpha value is -0.120. The molecule has 9 heavy (non-hydrogen) atoms. The molecule has 1 aliphatic rings. The van der Waals surface area contributed by atoms with Crippen molar-refractivity contribution in [3.05, 3.63) is 0 Å². The molecule has 54 valence electrons. The van der Waals surface area contributed by atoms with Crippen LogP contribution in [0.5, 0.6) is 0 Å². The van der Waals surface area contributed by atoms with Crippen LogP contribution in [0.4, 0.5) is 0 Å². The van der Waals surface area contributed by atoms with E-state index in [4.69, 9.17) is 14.6 Å². The third-order valence-electron chi connectivity index (χ3n) is 1.47. The second kappa shape index (κ2) is 3.15. The molecule has 0 aliphatic carbocycles. The van der Waals surface area contributed by atoms with E-state index in [0.29, 0.717) is 6.61 Å². The van der Waals surface area contributed by atoms with Crippen molar-refractivity contribution in [1.82, 2.24) is 0 Å². The molecule has 0 spiro atoms. The third kappa shape index (κ3) is 1.93. The van der Waals surface area contributed by atoms with Crippen LogP contribution in [0.3, 0.4) is 0 Å². The molecule has 0 bridgehead atoms. The van der Waals surface area contributed by atoms with Crippen LogP contribution in [-0.4, -0.2) is 31.2 Å². The summed E-state index contributed by atoms with van der Waals surface area (Å²) in [5, 5.41) is 8.94. The van der Waals surface area contributed by atoms with Crippen molar-refractivity contribution >= 4 is 0 Å². The molecule has 1 aliphatic heterocycles. The summed E-state index contributed by atoms with van der Waals surface area (Å²) < 4.78 is 9.97. The minimum absolute atomic E-state index is 0.0894. The molecular weight excluding hydrogens is 120 g/mol. The van der Waals surface area contributed by atoms with Gasteiger partial charge in [-0.2, -0.15) is 0 Å². The van der Waals surface area contributed by atoms with Crippen molar-refractivity contribution in [3.8, 4) is 0 Å². The highest BCUT2D eigenvalue weighted by atomic mass is 16.7. The number of rotatable bonds is 1. The molecule has 0 unspecified atom stereocenters. The normalized spacial score (nSPS) is 36.7. The maximum atomic E-state index is 8.94. The first-order chi connectivity index (χ1) is 4.33. The predicted molar refractivity (Wildman–Crippen MR) is 32.0 cm³/mol. The van der Waals surface area contributed by atoms with Gasteiger partial charge in [-0.25, -0.2) is 0 Å². The minimum atomic E-state index is -0.281. The number of methoxy groups -OCH3 is 1. The van der Waals surface area contributed by atoms with E-state index >= 15 is 0 Å². The van der Waals surface area contributed by atoms with Gasteiger partial charge in [0.1, 0.15) is 0 Å². The fraction of sp³-hybridized carbons (Fsp3) is 1.00. The molecule has 0 aromatic carbocycles. The third-order valence-corrected chi connectivity index (χ3v) is 1.47. The van der Waals surface area contributed by atoms with Gasteiger partial charge < -0.3 is 14.6 Å². The zero-order valence-corrected chi connectivity index (χ0v) is 5.54. The zero-order valence-electron chi connectivity index (χ0n) is 5.54. The van der Waals surface area contributed by atoms with E-state index in [-0.39, 0.29) is 12.4 Å². The summed E-state index contributed by atoms with van der Waals surface area (Å²) in [5.74, 6) is 0. The van der Waals surface area contributed by atoms with E-state index in [9.17, 15) is 0 Å². The van der Waals surface area contributed by atoms with E-state index in [1.54, 1.807) is 7.11 Å². The molecule has 0 amide bonds. The molecule has 1 N–H and O–H groups in total. The number of hydrogen-bond acceptors (Lipinski definition) is 3. The van der Waals surface area contributed by atoms with Gasteiger partial charge in [0.2, 0.25) is 0 Å². The Balaban J connectivity index is 2.18. The van der Waals surface area contributed by atoms with Crippen LogP contribution < -0.4 is 0 Å². The Morgan fingerprint density at radius 3 is 2.78 bits per heavy atom. The molecule has 3 nitrogen and oxygen atoms in total. The topological polar surface area (TPSA) is 38.7 Å². The van der Waals surface area contributed by atoms with E-state index in [1.807, 2.05) is 0 Å². The van der Waals surface area contributed by atoms with Gasteiger partial charge in [0, 0.05) is 13.5 Å². The lowest BCUT2D eigenvalue weighted by Crippen LogP contribution is -2.30. The van der Waals surface area contributed by atoms with Crippen LogP contribution in [0.15, 0.2) is 0 Å². The Morgan fingerprint density at radius 2 is 2.33 bits per heavy atom. The average Bonchev–Trinajstić information content (AvgIpc) is 1.90. The summed E-state index contributed by atoms with van der Waals surface area (Å²) >= 11 is 0. The number of aliphatic hydroxyl groups excluding tert-OH is 1. The average molecular weight is 132 g/mol. The van der Waals surface area contributed by atoms with Crippen LogP contribution in [0, 0.1) is 0 Å². The van der Waals surface area contributed by atoms with Gasteiger partial charge >= 0.3 is 0 Å².